The minimum absolute atomic E-state index is 0.0638. The molecular weight excluding hydrogens is 313 g/mol. The van der Waals surface area contributed by atoms with E-state index in [1.165, 1.54) is 12.1 Å². The lowest BCUT2D eigenvalue weighted by Gasteiger charge is -2.37. The van der Waals surface area contributed by atoms with Gasteiger partial charge in [-0.1, -0.05) is 12.1 Å². The third-order valence-corrected chi connectivity index (χ3v) is 4.57. The van der Waals surface area contributed by atoms with Crippen LogP contribution < -0.4 is 10.1 Å². The van der Waals surface area contributed by atoms with Crippen LogP contribution in [0.3, 0.4) is 0 Å². The zero-order valence-electron chi connectivity index (χ0n) is 13.9. The first-order chi connectivity index (χ1) is 11.5. The van der Waals surface area contributed by atoms with E-state index < -0.39 is 5.82 Å². The van der Waals surface area contributed by atoms with Gasteiger partial charge in [0.15, 0.2) is 18.2 Å². The predicted octanol–water partition coefficient (Wildman–Crippen LogP) is 1.61. The monoisotopic (exact) mass is 335 g/mol. The Morgan fingerprint density at radius 1 is 1.42 bits per heavy atom. The Morgan fingerprint density at radius 2 is 2.17 bits per heavy atom. The van der Waals surface area contributed by atoms with Crippen molar-refractivity contribution in [3.8, 4) is 5.75 Å². The Bertz CT molecular complexity index is 637. The van der Waals surface area contributed by atoms with Gasteiger partial charge in [-0.05, 0) is 32.4 Å². The van der Waals surface area contributed by atoms with Crippen LogP contribution in [-0.4, -0.2) is 59.6 Å². The third kappa shape index (κ3) is 3.16. The third-order valence-electron chi connectivity index (χ3n) is 4.57. The second-order valence-corrected chi connectivity index (χ2v) is 6.47. The molecule has 3 amide bonds. The Labute approximate surface area is 140 Å². The van der Waals surface area contributed by atoms with E-state index in [1.807, 2.05) is 18.7 Å². The van der Waals surface area contributed by atoms with Gasteiger partial charge in [0.25, 0.3) is 5.91 Å². The van der Waals surface area contributed by atoms with Gasteiger partial charge in [-0.25, -0.2) is 9.18 Å². The van der Waals surface area contributed by atoms with E-state index >= 15 is 0 Å². The Hall–Kier alpha value is -2.31. The van der Waals surface area contributed by atoms with E-state index in [-0.39, 0.29) is 42.4 Å². The summed E-state index contributed by atoms with van der Waals surface area (Å²) in [6, 6.07) is 6.12. The average molecular weight is 335 g/mol. The zero-order chi connectivity index (χ0) is 17.3. The lowest BCUT2D eigenvalue weighted by Crippen LogP contribution is -2.54. The molecule has 2 aliphatic heterocycles. The van der Waals surface area contributed by atoms with Gasteiger partial charge in [-0.15, -0.1) is 0 Å². The summed E-state index contributed by atoms with van der Waals surface area (Å²) in [5, 5.41) is 2.95. The highest BCUT2D eigenvalue weighted by Crippen LogP contribution is 2.25. The summed E-state index contributed by atoms with van der Waals surface area (Å²) in [6.07, 6.45) is 0.729. The summed E-state index contributed by atoms with van der Waals surface area (Å²) in [5.41, 5.74) is 0. The van der Waals surface area contributed by atoms with Gasteiger partial charge in [-0.3, -0.25) is 4.79 Å². The van der Waals surface area contributed by atoms with Crippen LogP contribution in [0, 0.1) is 5.82 Å². The Balaban J connectivity index is 1.57. The van der Waals surface area contributed by atoms with Crippen molar-refractivity contribution in [2.24, 2.45) is 0 Å². The van der Waals surface area contributed by atoms with Crippen LogP contribution in [0.25, 0.3) is 0 Å². The molecule has 24 heavy (non-hydrogen) atoms. The van der Waals surface area contributed by atoms with Crippen molar-refractivity contribution in [3.63, 3.8) is 0 Å². The lowest BCUT2D eigenvalue weighted by molar-refractivity contribution is -0.135. The molecule has 0 saturated carbocycles. The van der Waals surface area contributed by atoms with Gasteiger partial charge in [0.2, 0.25) is 0 Å². The maximum atomic E-state index is 13.5. The molecule has 2 fully saturated rings. The van der Waals surface area contributed by atoms with E-state index in [0.29, 0.717) is 13.1 Å². The highest BCUT2D eigenvalue weighted by Gasteiger charge is 2.44. The molecule has 0 unspecified atom stereocenters. The number of benzene rings is 1. The summed E-state index contributed by atoms with van der Waals surface area (Å²) < 4.78 is 18.8. The number of rotatable bonds is 4. The van der Waals surface area contributed by atoms with Gasteiger partial charge in [0, 0.05) is 19.1 Å². The molecule has 0 radical (unpaired) electrons. The number of hydrogen-bond acceptors (Lipinski definition) is 3. The smallest absolute Gasteiger partial charge is 0.318 e. The minimum Gasteiger partial charge on any atom is -0.481 e. The number of ether oxygens (including phenoxy) is 1. The molecule has 2 heterocycles. The Morgan fingerprint density at radius 3 is 2.88 bits per heavy atom. The summed E-state index contributed by atoms with van der Waals surface area (Å²) in [4.78, 5) is 27.9. The summed E-state index contributed by atoms with van der Waals surface area (Å²) in [5.74, 6) is -0.616. The number of urea groups is 1. The van der Waals surface area contributed by atoms with Crippen molar-refractivity contribution in [1.82, 2.24) is 15.1 Å². The van der Waals surface area contributed by atoms with Crippen LogP contribution in [0.1, 0.15) is 20.3 Å². The molecule has 3 rings (SSSR count). The first-order valence-corrected chi connectivity index (χ1v) is 8.21. The van der Waals surface area contributed by atoms with Crippen LogP contribution in [-0.2, 0) is 4.79 Å². The maximum absolute atomic E-state index is 13.5. The van der Waals surface area contributed by atoms with Crippen LogP contribution in [0.5, 0.6) is 5.75 Å². The lowest BCUT2D eigenvalue weighted by atomic mass is 9.99. The van der Waals surface area contributed by atoms with Crippen molar-refractivity contribution in [3.05, 3.63) is 30.1 Å². The SMILES string of the molecule is CC(C)N1C(=O)N[C@@H]2CN(C(=O)COc3ccccc3F)CC[C@@H]21. The van der Waals surface area contributed by atoms with Crippen molar-refractivity contribution in [1.29, 1.82) is 0 Å². The first kappa shape index (κ1) is 16.5. The second kappa shape index (κ2) is 6.67. The van der Waals surface area contributed by atoms with Crippen LogP contribution in [0.4, 0.5) is 9.18 Å². The van der Waals surface area contributed by atoms with Gasteiger partial charge in [0.1, 0.15) is 0 Å². The predicted molar refractivity (Wildman–Crippen MR) is 86.2 cm³/mol. The quantitative estimate of drug-likeness (QED) is 0.909. The largest absolute Gasteiger partial charge is 0.481 e. The molecule has 1 aromatic carbocycles. The van der Waals surface area contributed by atoms with Crippen molar-refractivity contribution in [2.75, 3.05) is 19.7 Å². The van der Waals surface area contributed by atoms with E-state index in [4.69, 9.17) is 4.74 Å². The van der Waals surface area contributed by atoms with Crippen LogP contribution in [0.2, 0.25) is 0 Å². The minimum atomic E-state index is -0.486. The normalized spacial score (nSPS) is 23.2. The molecule has 130 valence electrons. The summed E-state index contributed by atoms with van der Waals surface area (Å²) in [6.45, 7) is 4.79. The highest BCUT2D eigenvalue weighted by atomic mass is 19.1. The number of para-hydroxylation sites is 1. The molecule has 2 aliphatic rings. The van der Waals surface area contributed by atoms with E-state index in [2.05, 4.69) is 5.32 Å². The number of fused-ring (bicyclic) bond motifs is 1. The molecule has 2 atom stereocenters. The topological polar surface area (TPSA) is 61.9 Å². The number of nitrogens with zero attached hydrogens (tertiary/aromatic N) is 2. The van der Waals surface area contributed by atoms with Gasteiger partial charge in [-0.2, -0.15) is 0 Å². The van der Waals surface area contributed by atoms with Crippen molar-refractivity contribution < 1.29 is 18.7 Å². The van der Waals surface area contributed by atoms with Crippen LogP contribution in [0.15, 0.2) is 24.3 Å². The highest BCUT2D eigenvalue weighted by molar-refractivity contribution is 5.80. The molecule has 0 bridgehead atoms. The van der Waals surface area contributed by atoms with E-state index in [0.717, 1.165) is 6.42 Å². The number of likely N-dealkylation sites (tertiary alicyclic amines) is 1. The molecular formula is C17H22FN3O3. The zero-order valence-corrected chi connectivity index (χ0v) is 13.9. The molecule has 2 saturated heterocycles. The fourth-order valence-corrected chi connectivity index (χ4v) is 3.43. The standard InChI is InChI=1S/C17H22FN3O3/c1-11(2)21-14-7-8-20(9-13(14)19-17(21)23)16(22)10-24-15-6-4-3-5-12(15)18/h3-6,11,13-14H,7-10H2,1-2H3,(H,19,23)/t13-,14+/m1/s1. The number of halogens is 1. The van der Waals surface area contributed by atoms with Gasteiger partial charge >= 0.3 is 6.03 Å². The molecule has 7 heteroatoms. The number of carbonyl (C=O) groups excluding carboxylic acids is 2. The van der Waals surface area contributed by atoms with Crippen molar-refractivity contribution >= 4 is 11.9 Å². The molecule has 0 aromatic heterocycles. The maximum Gasteiger partial charge on any atom is 0.318 e. The number of piperidine rings is 1. The van der Waals surface area contributed by atoms with Crippen LogP contribution >= 0.6 is 0 Å². The number of amides is 3. The van der Waals surface area contributed by atoms with Crippen molar-refractivity contribution in [2.45, 2.75) is 38.4 Å². The van der Waals surface area contributed by atoms with Gasteiger partial charge in [0.05, 0.1) is 12.1 Å². The fourth-order valence-electron chi connectivity index (χ4n) is 3.43. The fraction of sp³-hybridized carbons (Fsp3) is 0.529. The molecule has 1 N–H and O–H groups in total. The Kier molecular flexibility index (Phi) is 4.59. The molecule has 0 aliphatic carbocycles. The molecule has 0 spiro atoms. The average Bonchev–Trinajstić information content (AvgIpc) is 2.88. The summed E-state index contributed by atoms with van der Waals surface area (Å²) >= 11 is 0. The van der Waals surface area contributed by atoms with E-state index in [1.54, 1.807) is 17.0 Å². The van der Waals surface area contributed by atoms with Gasteiger partial charge < -0.3 is 19.9 Å². The first-order valence-electron chi connectivity index (χ1n) is 8.21. The number of hydrogen-bond donors (Lipinski definition) is 1. The number of carbonyl (C=O) groups is 2. The molecule has 1 aromatic rings. The summed E-state index contributed by atoms with van der Waals surface area (Å²) in [7, 11) is 0. The molecule has 6 nitrogen and oxygen atoms in total. The second-order valence-electron chi connectivity index (χ2n) is 6.47. The van der Waals surface area contributed by atoms with E-state index in [9.17, 15) is 14.0 Å². The number of nitrogens with one attached hydrogen (secondary N) is 1.